The third-order valence-electron chi connectivity index (χ3n) is 5.11. The first-order chi connectivity index (χ1) is 14.5. The largest absolute Gasteiger partial charge is 0.484 e. The van der Waals surface area contributed by atoms with E-state index in [0.717, 1.165) is 25.9 Å². The van der Waals surface area contributed by atoms with Crippen molar-refractivity contribution in [1.29, 1.82) is 5.26 Å². The minimum absolute atomic E-state index is 0.0522. The predicted octanol–water partition coefficient (Wildman–Crippen LogP) is 2.33. The first kappa shape index (κ1) is 21.2. The van der Waals surface area contributed by atoms with Crippen LogP contribution < -0.4 is 10.5 Å². The number of amides is 1. The van der Waals surface area contributed by atoms with Crippen LogP contribution >= 0.6 is 0 Å². The van der Waals surface area contributed by atoms with Crippen LogP contribution in [-0.4, -0.2) is 43.1 Å². The van der Waals surface area contributed by atoms with Gasteiger partial charge in [-0.2, -0.15) is 5.26 Å². The van der Waals surface area contributed by atoms with Gasteiger partial charge in [0.15, 0.2) is 6.61 Å². The van der Waals surface area contributed by atoms with Crippen LogP contribution in [0.1, 0.15) is 38.2 Å². The van der Waals surface area contributed by atoms with E-state index in [1.54, 1.807) is 43.0 Å². The lowest BCUT2D eigenvalue weighted by atomic mass is 9.83. The number of benzene rings is 1. The molecule has 1 saturated heterocycles. The Bertz CT molecular complexity index is 938. The van der Waals surface area contributed by atoms with E-state index >= 15 is 0 Å². The quantitative estimate of drug-likeness (QED) is 0.714. The highest BCUT2D eigenvalue weighted by molar-refractivity contribution is 5.92. The summed E-state index contributed by atoms with van der Waals surface area (Å²) in [5, 5.41) is 9.65. The molecule has 0 aliphatic carbocycles. The highest BCUT2D eigenvalue weighted by atomic mass is 16.5. The fourth-order valence-electron chi connectivity index (χ4n) is 3.67. The second kappa shape index (κ2) is 9.35. The maximum atomic E-state index is 12.6. The van der Waals surface area contributed by atoms with E-state index in [9.17, 15) is 14.9 Å². The van der Waals surface area contributed by atoms with Gasteiger partial charge in [-0.3, -0.25) is 4.79 Å². The Morgan fingerprint density at radius 3 is 2.73 bits per heavy atom. The number of hydrogen-bond donors (Lipinski definition) is 1. The SMILES string of the molecule is CCOC(=O)C1=C(C)OC(N)=C(C#N)C1c1cccc(OCC(=O)N2CCCC2)c1. The molecular formula is C22H25N3O5. The second-order valence-electron chi connectivity index (χ2n) is 7.06. The molecule has 0 saturated carbocycles. The molecule has 2 heterocycles. The van der Waals surface area contributed by atoms with Crippen LogP contribution in [0.3, 0.4) is 0 Å². The number of likely N-dealkylation sites (tertiary alicyclic amines) is 1. The van der Waals surface area contributed by atoms with Crippen LogP contribution in [0.5, 0.6) is 5.75 Å². The van der Waals surface area contributed by atoms with E-state index < -0.39 is 11.9 Å². The maximum Gasteiger partial charge on any atom is 0.338 e. The highest BCUT2D eigenvalue weighted by Gasteiger charge is 2.36. The van der Waals surface area contributed by atoms with Gasteiger partial charge in [0, 0.05) is 13.1 Å². The van der Waals surface area contributed by atoms with Crippen molar-refractivity contribution in [3.63, 3.8) is 0 Å². The van der Waals surface area contributed by atoms with Gasteiger partial charge in [0.2, 0.25) is 5.88 Å². The number of nitriles is 1. The first-order valence-corrected chi connectivity index (χ1v) is 9.92. The summed E-state index contributed by atoms with van der Waals surface area (Å²) in [7, 11) is 0. The Morgan fingerprint density at radius 2 is 2.07 bits per heavy atom. The molecule has 0 radical (unpaired) electrons. The smallest absolute Gasteiger partial charge is 0.338 e. The van der Waals surface area contributed by atoms with Crippen molar-refractivity contribution in [3.8, 4) is 11.8 Å². The van der Waals surface area contributed by atoms with E-state index in [2.05, 4.69) is 0 Å². The average Bonchev–Trinajstić information content (AvgIpc) is 3.27. The molecule has 3 rings (SSSR count). The van der Waals surface area contributed by atoms with Crippen LogP contribution in [-0.2, 0) is 19.1 Å². The third kappa shape index (κ3) is 4.40. The van der Waals surface area contributed by atoms with Crippen molar-refractivity contribution >= 4 is 11.9 Å². The molecule has 1 fully saturated rings. The molecule has 0 spiro atoms. The minimum atomic E-state index is -0.749. The lowest BCUT2D eigenvalue weighted by Crippen LogP contribution is -2.32. The molecule has 1 aromatic carbocycles. The van der Waals surface area contributed by atoms with E-state index in [1.807, 2.05) is 6.07 Å². The highest BCUT2D eigenvalue weighted by Crippen LogP contribution is 2.40. The van der Waals surface area contributed by atoms with E-state index in [-0.39, 0.29) is 41.9 Å². The van der Waals surface area contributed by atoms with E-state index in [1.165, 1.54) is 0 Å². The lowest BCUT2D eigenvalue weighted by Gasteiger charge is -2.27. The number of ether oxygens (including phenoxy) is 3. The summed E-state index contributed by atoms with van der Waals surface area (Å²) in [6, 6.07) is 8.97. The first-order valence-electron chi connectivity index (χ1n) is 9.92. The van der Waals surface area contributed by atoms with Crippen LogP contribution in [0.4, 0.5) is 0 Å². The van der Waals surface area contributed by atoms with Gasteiger partial charge < -0.3 is 24.8 Å². The molecule has 8 nitrogen and oxygen atoms in total. The molecule has 2 N–H and O–H groups in total. The Morgan fingerprint density at radius 1 is 1.33 bits per heavy atom. The zero-order valence-corrected chi connectivity index (χ0v) is 17.1. The summed E-state index contributed by atoms with van der Waals surface area (Å²) in [6.07, 6.45) is 2.02. The number of carbonyl (C=O) groups excluding carboxylic acids is 2. The summed E-state index contributed by atoms with van der Waals surface area (Å²) in [4.78, 5) is 26.6. The number of rotatable bonds is 6. The molecule has 1 aromatic rings. The molecule has 1 amide bonds. The monoisotopic (exact) mass is 411 g/mol. The standard InChI is InChI=1S/C22H25N3O5/c1-3-28-22(27)19-14(2)30-21(24)17(12-23)20(19)15-7-6-8-16(11-15)29-13-18(26)25-9-4-5-10-25/h6-8,11,20H,3-5,9-10,13,24H2,1-2H3. The van der Waals surface area contributed by atoms with Gasteiger partial charge in [0.25, 0.3) is 5.91 Å². The topological polar surface area (TPSA) is 115 Å². The van der Waals surface area contributed by atoms with Crippen LogP contribution in [0, 0.1) is 11.3 Å². The number of nitrogens with zero attached hydrogens (tertiary/aromatic N) is 2. The number of nitrogens with two attached hydrogens (primary N) is 1. The van der Waals surface area contributed by atoms with Crippen LogP contribution in [0.25, 0.3) is 0 Å². The van der Waals surface area contributed by atoms with Gasteiger partial charge >= 0.3 is 5.97 Å². The maximum absolute atomic E-state index is 12.6. The summed E-state index contributed by atoms with van der Waals surface area (Å²) in [5.74, 6) is -0.692. The number of hydrogen-bond acceptors (Lipinski definition) is 7. The molecular weight excluding hydrogens is 386 g/mol. The molecule has 0 bridgehead atoms. The molecule has 158 valence electrons. The van der Waals surface area contributed by atoms with Crippen molar-refractivity contribution < 1.29 is 23.8 Å². The summed E-state index contributed by atoms with van der Waals surface area (Å²) in [6.45, 7) is 4.94. The van der Waals surface area contributed by atoms with Crippen LogP contribution in [0.2, 0.25) is 0 Å². The van der Waals surface area contributed by atoms with Crippen molar-refractivity contribution in [2.24, 2.45) is 5.73 Å². The summed E-state index contributed by atoms with van der Waals surface area (Å²) < 4.78 is 16.3. The zero-order valence-electron chi connectivity index (χ0n) is 17.1. The predicted molar refractivity (Wildman–Crippen MR) is 108 cm³/mol. The molecule has 30 heavy (non-hydrogen) atoms. The Labute approximate surface area is 175 Å². The molecule has 1 atom stereocenters. The molecule has 1 unspecified atom stereocenters. The fourth-order valence-corrected chi connectivity index (χ4v) is 3.67. The number of esters is 1. The van der Waals surface area contributed by atoms with E-state index in [4.69, 9.17) is 19.9 Å². The summed E-state index contributed by atoms with van der Waals surface area (Å²) >= 11 is 0. The van der Waals surface area contributed by atoms with E-state index in [0.29, 0.717) is 11.3 Å². The average molecular weight is 411 g/mol. The normalized spacial score (nSPS) is 18.7. The Hall–Kier alpha value is -3.47. The number of allylic oxidation sites excluding steroid dienone is 2. The van der Waals surface area contributed by atoms with Gasteiger partial charge in [-0.15, -0.1) is 0 Å². The Balaban J connectivity index is 1.88. The second-order valence-corrected chi connectivity index (χ2v) is 7.06. The zero-order chi connectivity index (χ0) is 21.7. The van der Waals surface area contributed by atoms with Gasteiger partial charge in [-0.05, 0) is 44.4 Å². The van der Waals surface area contributed by atoms with Crippen molar-refractivity contribution in [2.45, 2.75) is 32.6 Å². The summed E-state index contributed by atoms with van der Waals surface area (Å²) in [5.41, 5.74) is 6.87. The van der Waals surface area contributed by atoms with Crippen molar-refractivity contribution in [2.75, 3.05) is 26.3 Å². The van der Waals surface area contributed by atoms with Crippen molar-refractivity contribution in [3.05, 3.63) is 52.6 Å². The molecule has 2 aliphatic rings. The minimum Gasteiger partial charge on any atom is -0.484 e. The molecule has 0 aromatic heterocycles. The van der Waals surface area contributed by atoms with Crippen LogP contribution in [0.15, 0.2) is 47.1 Å². The van der Waals surface area contributed by atoms with Gasteiger partial charge in [-0.1, -0.05) is 12.1 Å². The fraction of sp³-hybridized carbons (Fsp3) is 0.409. The van der Waals surface area contributed by atoms with Gasteiger partial charge in [-0.25, -0.2) is 4.79 Å². The lowest BCUT2D eigenvalue weighted by molar-refractivity contribution is -0.139. The number of carbonyl (C=O) groups is 2. The van der Waals surface area contributed by atoms with Gasteiger partial charge in [0.05, 0.1) is 18.1 Å². The Kier molecular flexibility index (Phi) is 6.62. The van der Waals surface area contributed by atoms with Crippen molar-refractivity contribution in [1.82, 2.24) is 4.90 Å². The molecule has 8 heteroatoms. The van der Waals surface area contributed by atoms with Gasteiger partial charge in [0.1, 0.15) is 23.2 Å². The third-order valence-corrected chi connectivity index (χ3v) is 5.11. The molecule has 2 aliphatic heterocycles.